The lowest BCUT2D eigenvalue weighted by atomic mass is 9.97. The Labute approximate surface area is 266 Å². The Bertz CT molecular complexity index is 1900. The number of hydrogen-bond donors (Lipinski definition) is 0. The van der Waals surface area contributed by atoms with E-state index in [1.54, 1.807) is 24.8 Å². The molecule has 0 radical (unpaired) electrons. The third kappa shape index (κ3) is 7.00. The number of Topliss-reactive ketones (excluding diaryl/α,β-unsaturated/α-hetero) is 1. The second-order valence-electron chi connectivity index (χ2n) is 10.0. The van der Waals surface area contributed by atoms with Crippen LogP contribution in [0.5, 0.6) is 0 Å². The van der Waals surface area contributed by atoms with Gasteiger partial charge < -0.3 is 13.7 Å². The predicted molar refractivity (Wildman–Crippen MR) is 180 cm³/mol. The summed E-state index contributed by atoms with van der Waals surface area (Å²) in [5.74, 6) is 0.149. The van der Waals surface area contributed by atoms with Gasteiger partial charge in [-0.05, 0) is 87.0 Å². The molecule has 44 heavy (non-hydrogen) atoms. The van der Waals surface area contributed by atoms with Crippen molar-refractivity contribution in [3.63, 3.8) is 0 Å². The minimum atomic E-state index is -2.88. The molecule has 0 aliphatic heterocycles. The fraction of sp³-hybridized carbons (Fsp3) is 0.206. The number of rotatable bonds is 13. The Morgan fingerprint density at radius 2 is 1.57 bits per heavy atom. The quantitative estimate of drug-likeness (QED) is 0.0417. The number of benzene rings is 4. The van der Waals surface area contributed by atoms with Crippen LogP contribution in [0, 0.1) is 6.92 Å². The lowest BCUT2D eigenvalue weighted by molar-refractivity contribution is 0.103. The van der Waals surface area contributed by atoms with Gasteiger partial charge in [0.1, 0.15) is 5.71 Å². The SMILES string of the molecule is CCO[PH](=O)O/N=C(\CCSc1ccc(Cl)cc1)C(=O)c1ccc2c(c1)c1cc(C(=O)c3ccccc3C)ccc1n2CC. The van der Waals surface area contributed by atoms with E-state index in [-0.39, 0.29) is 30.3 Å². The number of carbonyl (C=O) groups excluding carboxylic acids is 2. The molecule has 10 heteroatoms. The molecule has 5 aromatic rings. The van der Waals surface area contributed by atoms with Gasteiger partial charge in [0.15, 0.2) is 5.78 Å². The molecule has 7 nitrogen and oxygen atoms in total. The summed E-state index contributed by atoms with van der Waals surface area (Å²) in [5.41, 5.74) is 4.63. The maximum Gasteiger partial charge on any atom is 0.389 e. The molecule has 0 aliphatic carbocycles. The fourth-order valence-electron chi connectivity index (χ4n) is 5.11. The number of nitrogens with zero attached hydrogens (tertiary/aromatic N) is 2. The minimum Gasteiger partial charge on any atom is -0.341 e. The zero-order valence-corrected chi connectivity index (χ0v) is 27.2. The van der Waals surface area contributed by atoms with E-state index < -0.39 is 8.25 Å². The molecular formula is C34H32ClN2O5PS. The van der Waals surface area contributed by atoms with Gasteiger partial charge in [-0.25, -0.2) is 4.57 Å². The van der Waals surface area contributed by atoms with Crippen LogP contribution < -0.4 is 0 Å². The van der Waals surface area contributed by atoms with Crippen LogP contribution in [0.4, 0.5) is 0 Å². The topological polar surface area (TPSA) is 87.0 Å². The van der Waals surface area contributed by atoms with E-state index in [4.69, 9.17) is 20.7 Å². The normalized spacial score (nSPS) is 12.5. The Hall–Kier alpha value is -3.68. The summed E-state index contributed by atoms with van der Waals surface area (Å²) in [6.45, 7) is 6.61. The van der Waals surface area contributed by atoms with Crippen LogP contribution >= 0.6 is 31.6 Å². The third-order valence-corrected chi connectivity index (χ3v) is 9.30. The second kappa shape index (κ2) is 14.4. The van der Waals surface area contributed by atoms with Crippen molar-refractivity contribution in [2.75, 3.05) is 12.4 Å². The number of halogens is 1. The zero-order chi connectivity index (χ0) is 31.2. The molecule has 0 fully saturated rings. The van der Waals surface area contributed by atoms with E-state index in [0.717, 1.165) is 32.3 Å². The van der Waals surface area contributed by atoms with Crippen LogP contribution in [0.2, 0.25) is 5.02 Å². The molecule has 0 N–H and O–H groups in total. The van der Waals surface area contributed by atoms with E-state index in [1.165, 1.54) is 0 Å². The van der Waals surface area contributed by atoms with Crippen molar-refractivity contribution in [2.45, 2.75) is 38.6 Å². The number of oxime groups is 1. The largest absolute Gasteiger partial charge is 0.389 e. The highest BCUT2D eigenvalue weighted by molar-refractivity contribution is 7.99. The van der Waals surface area contributed by atoms with Crippen molar-refractivity contribution >= 4 is 70.7 Å². The highest BCUT2D eigenvalue weighted by Gasteiger charge is 2.20. The number of carbonyl (C=O) groups is 2. The van der Waals surface area contributed by atoms with Crippen molar-refractivity contribution in [2.24, 2.45) is 5.16 Å². The second-order valence-corrected chi connectivity index (χ2v) is 12.6. The maximum atomic E-state index is 13.8. The average Bonchev–Trinajstić information content (AvgIpc) is 3.35. The van der Waals surface area contributed by atoms with Gasteiger partial charge in [0.05, 0.1) is 6.61 Å². The molecule has 1 unspecified atom stereocenters. The Morgan fingerprint density at radius 1 is 0.909 bits per heavy atom. The molecule has 0 aliphatic rings. The molecule has 5 rings (SSSR count). The molecule has 0 bridgehead atoms. The molecule has 4 aromatic carbocycles. The number of ketones is 2. The van der Waals surface area contributed by atoms with Gasteiger partial charge in [0.2, 0.25) is 5.78 Å². The first-order valence-corrected chi connectivity index (χ1v) is 16.9. The number of fused-ring (bicyclic) bond motifs is 3. The average molecular weight is 647 g/mol. The summed E-state index contributed by atoms with van der Waals surface area (Å²) in [4.78, 5) is 28.3. The highest BCUT2D eigenvalue weighted by Crippen LogP contribution is 2.32. The van der Waals surface area contributed by atoms with Crippen molar-refractivity contribution in [1.82, 2.24) is 4.57 Å². The van der Waals surface area contributed by atoms with Crippen molar-refractivity contribution < 1.29 is 23.3 Å². The summed E-state index contributed by atoms with van der Waals surface area (Å²) >= 11 is 7.55. The molecule has 226 valence electrons. The van der Waals surface area contributed by atoms with E-state index in [0.29, 0.717) is 34.0 Å². The summed E-state index contributed by atoms with van der Waals surface area (Å²) in [7, 11) is -2.88. The molecule has 1 aromatic heterocycles. The first-order valence-electron chi connectivity index (χ1n) is 14.3. The van der Waals surface area contributed by atoms with Crippen LogP contribution in [-0.2, 0) is 20.3 Å². The van der Waals surface area contributed by atoms with Gasteiger partial charge >= 0.3 is 8.25 Å². The molecule has 0 spiro atoms. The van der Waals surface area contributed by atoms with Gasteiger partial charge in [-0.15, -0.1) is 11.8 Å². The van der Waals surface area contributed by atoms with Gasteiger partial charge in [0.25, 0.3) is 0 Å². The van der Waals surface area contributed by atoms with Crippen molar-refractivity contribution in [1.29, 1.82) is 0 Å². The number of thioether (sulfide) groups is 1. The zero-order valence-electron chi connectivity index (χ0n) is 24.6. The molecule has 0 saturated heterocycles. The number of aryl methyl sites for hydroxylation is 2. The molecular weight excluding hydrogens is 615 g/mol. The van der Waals surface area contributed by atoms with Crippen LogP contribution in [0.3, 0.4) is 0 Å². The van der Waals surface area contributed by atoms with Crippen LogP contribution in [0.25, 0.3) is 21.8 Å². The summed E-state index contributed by atoms with van der Waals surface area (Å²) in [5, 5.41) is 6.38. The van der Waals surface area contributed by atoms with Gasteiger partial charge in [0, 0.05) is 67.1 Å². The van der Waals surface area contributed by atoms with E-state index >= 15 is 0 Å². The lowest BCUT2D eigenvalue weighted by Gasteiger charge is -2.08. The summed E-state index contributed by atoms with van der Waals surface area (Å²) in [6, 6.07) is 26.2. The Morgan fingerprint density at radius 3 is 2.23 bits per heavy atom. The smallest absolute Gasteiger partial charge is 0.341 e. The number of hydrogen-bond acceptors (Lipinski definition) is 7. The van der Waals surface area contributed by atoms with Gasteiger partial charge in [-0.1, -0.05) is 41.0 Å². The van der Waals surface area contributed by atoms with Gasteiger partial charge in [-0.2, -0.15) is 0 Å². The Kier molecular flexibility index (Phi) is 10.4. The highest BCUT2D eigenvalue weighted by atomic mass is 35.5. The van der Waals surface area contributed by atoms with Crippen LogP contribution in [0.1, 0.15) is 52.1 Å². The van der Waals surface area contributed by atoms with Crippen LogP contribution in [0.15, 0.2) is 95.0 Å². The molecule has 0 saturated carbocycles. The maximum absolute atomic E-state index is 13.8. The fourth-order valence-corrected chi connectivity index (χ4v) is 6.57. The van der Waals surface area contributed by atoms with Gasteiger partial charge in [-0.3, -0.25) is 9.59 Å². The third-order valence-electron chi connectivity index (χ3n) is 7.27. The molecule has 1 atom stereocenters. The standard InChI is InChI=1S/C34H32ClN2O5PS/c1-4-37-31-16-10-23(33(38)27-9-7-6-8-22(27)3)20-28(31)29-21-24(11-17-32(29)37)34(39)30(36-42-43(40)41-5-2)18-19-44-26-14-12-25(35)13-15-26/h6-17,20-21,43H,4-5,18-19H2,1-3H3/b36-30+. The number of aromatic nitrogens is 1. The van der Waals surface area contributed by atoms with E-state index in [1.807, 2.05) is 85.8 Å². The van der Waals surface area contributed by atoms with E-state index in [2.05, 4.69) is 16.6 Å². The monoisotopic (exact) mass is 646 g/mol. The predicted octanol–water partition coefficient (Wildman–Crippen LogP) is 9.17. The Balaban J connectivity index is 1.50. The van der Waals surface area contributed by atoms with Crippen molar-refractivity contribution in [3.8, 4) is 0 Å². The first-order chi connectivity index (χ1) is 21.3. The summed E-state index contributed by atoms with van der Waals surface area (Å²) in [6.07, 6.45) is 0.275. The summed E-state index contributed by atoms with van der Waals surface area (Å²) < 4.78 is 24.4. The first kappa shape index (κ1) is 31.7. The van der Waals surface area contributed by atoms with Crippen molar-refractivity contribution in [3.05, 3.63) is 112 Å². The lowest BCUT2D eigenvalue weighted by Crippen LogP contribution is -2.16. The molecule has 1 heterocycles. The van der Waals surface area contributed by atoms with Crippen LogP contribution in [-0.4, -0.2) is 34.2 Å². The van der Waals surface area contributed by atoms with E-state index in [9.17, 15) is 14.2 Å². The molecule has 0 amide bonds. The minimum absolute atomic E-state index is 0.0519.